The van der Waals surface area contributed by atoms with Crippen molar-refractivity contribution in [1.82, 2.24) is 10.3 Å². The first-order chi connectivity index (χ1) is 17.5. The van der Waals surface area contributed by atoms with E-state index in [2.05, 4.69) is 34.7 Å². The Bertz CT molecular complexity index is 1540. The monoisotopic (exact) mass is 515 g/mol. The molecule has 0 saturated heterocycles. The molecule has 0 bridgehead atoms. The number of carbonyl (C=O) groups excluding carboxylic acids is 1. The molecule has 0 atom stereocenters. The lowest BCUT2D eigenvalue weighted by Gasteiger charge is -2.09. The normalized spacial score (nSPS) is 10.9. The third-order valence-electron chi connectivity index (χ3n) is 5.66. The zero-order valence-corrected chi connectivity index (χ0v) is 21.0. The highest BCUT2D eigenvalue weighted by Crippen LogP contribution is 2.24. The largest absolute Gasteiger partial charge is 0.451 e. The van der Waals surface area contributed by atoms with Crippen LogP contribution >= 0.6 is 23.8 Å². The van der Waals surface area contributed by atoms with Gasteiger partial charge in [-0.3, -0.25) is 10.1 Å². The Hall–Kier alpha value is -3.94. The second kappa shape index (κ2) is 10.4. The summed E-state index contributed by atoms with van der Waals surface area (Å²) in [6, 6.07) is 24.3. The minimum absolute atomic E-state index is 0.156. The average Bonchev–Trinajstić information content (AvgIpc) is 3.52. The van der Waals surface area contributed by atoms with E-state index in [-0.39, 0.29) is 10.9 Å². The number of halogens is 1. The first-order valence-electron chi connectivity index (χ1n) is 11.4. The number of aromatic nitrogens is 1. The Balaban J connectivity index is 1.17. The maximum atomic E-state index is 12.5. The number of anilines is 1. The number of benzene rings is 3. The smallest absolute Gasteiger partial charge is 0.293 e. The third-order valence-corrected chi connectivity index (χ3v) is 6.11. The minimum atomic E-state index is -0.438. The molecule has 2 aromatic heterocycles. The van der Waals surface area contributed by atoms with Gasteiger partial charge in [0.1, 0.15) is 11.3 Å². The number of hydrogen-bond acceptors (Lipinski definition) is 5. The van der Waals surface area contributed by atoms with Gasteiger partial charge < -0.3 is 14.2 Å². The zero-order chi connectivity index (χ0) is 25.1. The van der Waals surface area contributed by atoms with Crippen LogP contribution < -0.4 is 10.6 Å². The van der Waals surface area contributed by atoms with Crippen molar-refractivity contribution in [2.75, 3.05) is 5.32 Å². The number of fused-ring (bicyclic) bond motifs is 1. The number of nitrogens with zero attached hydrogens (tertiary/aromatic N) is 1. The summed E-state index contributed by atoms with van der Waals surface area (Å²) >= 11 is 11.2. The van der Waals surface area contributed by atoms with Crippen molar-refractivity contribution in [2.45, 2.75) is 19.8 Å². The van der Waals surface area contributed by atoms with Gasteiger partial charge in [-0.15, -0.1) is 0 Å². The molecule has 2 heterocycles. The Kier molecular flexibility index (Phi) is 6.84. The molecule has 0 aliphatic rings. The number of rotatable bonds is 6. The Morgan fingerprint density at radius 2 is 1.69 bits per heavy atom. The summed E-state index contributed by atoms with van der Waals surface area (Å²) in [6.07, 6.45) is 1.53. The van der Waals surface area contributed by atoms with E-state index in [1.807, 2.05) is 42.5 Å². The summed E-state index contributed by atoms with van der Waals surface area (Å²) in [7, 11) is 0. The number of oxazole rings is 1. The standard InChI is InChI=1S/C28H22ClN3O3S/c1-2-17-5-12-24-22(15-17)31-26(35-24)16-18-3-10-21(11-4-18)30-28(36)32-27(33)25-14-13-23(34-25)19-6-8-20(29)9-7-19/h3-15H,2,16H2,1H3,(H2,30,32,33,36). The molecule has 180 valence electrons. The van der Waals surface area contributed by atoms with Crippen LogP contribution in [0.5, 0.6) is 0 Å². The molecule has 0 spiro atoms. The highest BCUT2D eigenvalue weighted by atomic mass is 35.5. The van der Waals surface area contributed by atoms with Crippen molar-refractivity contribution in [3.8, 4) is 11.3 Å². The maximum Gasteiger partial charge on any atom is 0.293 e. The lowest BCUT2D eigenvalue weighted by atomic mass is 10.1. The number of thiocarbonyl (C=S) groups is 1. The van der Waals surface area contributed by atoms with E-state index in [0.29, 0.717) is 23.1 Å². The van der Waals surface area contributed by atoms with Gasteiger partial charge in [-0.05, 0) is 90.4 Å². The predicted octanol–water partition coefficient (Wildman–Crippen LogP) is 7.02. The fraction of sp³-hybridized carbons (Fsp3) is 0.107. The lowest BCUT2D eigenvalue weighted by Crippen LogP contribution is -2.33. The summed E-state index contributed by atoms with van der Waals surface area (Å²) in [5.74, 6) is 0.949. The first kappa shape index (κ1) is 23.8. The topological polar surface area (TPSA) is 80.3 Å². The molecule has 5 rings (SSSR count). The third kappa shape index (κ3) is 5.48. The molecule has 0 saturated carbocycles. The van der Waals surface area contributed by atoms with Gasteiger partial charge in [0.2, 0.25) is 0 Å². The number of carbonyl (C=O) groups is 1. The van der Waals surface area contributed by atoms with E-state index in [4.69, 9.17) is 32.7 Å². The molecule has 6 nitrogen and oxygen atoms in total. The van der Waals surface area contributed by atoms with Crippen LogP contribution in [0.25, 0.3) is 22.4 Å². The van der Waals surface area contributed by atoms with Gasteiger partial charge in [-0.25, -0.2) is 4.98 Å². The van der Waals surface area contributed by atoms with E-state index >= 15 is 0 Å². The minimum Gasteiger partial charge on any atom is -0.451 e. The Morgan fingerprint density at radius 3 is 2.44 bits per heavy atom. The summed E-state index contributed by atoms with van der Waals surface area (Å²) in [4.78, 5) is 17.2. The first-order valence-corrected chi connectivity index (χ1v) is 12.2. The van der Waals surface area contributed by atoms with Gasteiger partial charge >= 0.3 is 0 Å². The van der Waals surface area contributed by atoms with Crippen molar-refractivity contribution in [3.63, 3.8) is 0 Å². The molecule has 0 unspecified atom stereocenters. The van der Waals surface area contributed by atoms with E-state index in [9.17, 15) is 4.79 Å². The molecule has 3 aromatic carbocycles. The molecule has 0 radical (unpaired) electrons. The average molecular weight is 516 g/mol. The molecule has 36 heavy (non-hydrogen) atoms. The van der Waals surface area contributed by atoms with Crippen LogP contribution in [0.15, 0.2) is 87.7 Å². The summed E-state index contributed by atoms with van der Waals surface area (Å²) in [6.45, 7) is 2.12. The maximum absolute atomic E-state index is 12.5. The lowest BCUT2D eigenvalue weighted by molar-refractivity contribution is 0.0951. The molecule has 0 fully saturated rings. The quantitative estimate of drug-likeness (QED) is 0.236. The van der Waals surface area contributed by atoms with Crippen LogP contribution in [0.3, 0.4) is 0 Å². The highest BCUT2D eigenvalue weighted by molar-refractivity contribution is 7.80. The van der Waals surface area contributed by atoms with Crippen LogP contribution in [-0.2, 0) is 12.8 Å². The zero-order valence-electron chi connectivity index (χ0n) is 19.4. The summed E-state index contributed by atoms with van der Waals surface area (Å²) in [5.41, 5.74) is 5.51. The van der Waals surface area contributed by atoms with Crippen molar-refractivity contribution in [1.29, 1.82) is 0 Å². The summed E-state index contributed by atoms with van der Waals surface area (Å²) in [5, 5.41) is 6.45. The fourth-order valence-corrected chi connectivity index (χ4v) is 4.09. The van der Waals surface area contributed by atoms with Crippen LogP contribution in [0.1, 0.15) is 34.5 Å². The highest BCUT2D eigenvalue weighted by Gasteiger charge is 2.14. The number of amides is 1. The van der Waals surface area contributed by atoms with Gasteiger partial charge in [0, 0.05) is 22.7 Å². The van der Waals surface area contributed by atoms with E-state index in [0.717, 1.165) is 34.3 Å². The van der Waals surface area contributed by atoms with Crippen molar-refractivity contribution >= 4 is 51.6 Å². The second-order valence-electron chi connectivity index (χ2n) is 8.22. The molecular formula is C28H22ClN3O3S. The van der Waals surface area contributed by atoms with Gasteiger partial charge in [-0.2, -0.15) is 0 Å². The number of nitrogens with one attached hydrogen (secondary N) is 2. The van der Waals surface area contributed by atoms with Crippen molar-refractivity contribution < 1.29 is 13.6 Å². The Labute approximate surface area is 218 Å². The SMILES string of the molecule is CCc1ccc2oc(Cc3ccc(NC(=S)NC(=O)c4ccc(-c5ccc(Cl)cc5)o4)cc3)nc2c1. The van der Waals surface area contributed by atoms with Crippen LogP contribution in [-0.4, -0.2) is 16.0 Å². The molecule has 5 aromatic rings. The van der Waals surface area contributed by atoms with Crippen LogP contribution in [0.2, 0.25) is 5.02 Å². The molecule has 0 aliphatic heterocycles. The molecule has 1 amide bonds. The number of hydrogen-bond donors (Lipinski definition) is 2. The van der Waals surface area contributed by atoms with Crippen LogP contribution in [0.4, 0.5) is 5.69 Å². The van der Waals surface area contributed by atoms with Crippen molar-refractivity contribution in [3.05, 3.63) is 107 Å². The van der Waals surface area contributed by atoms with Crippen LogP contribution in [0, 0.1) is 0 Å². The number of furan rings is 1. The van der Waals surface area contributed by atoms with Gasteiger partial charge in [0.05, 0.1) is 0 Å². The summed E-state index contributed by atoms with van der Waals surface area (Å²) < 4.78 is 11.5. The molecular weight excluding hydrogens is 494 g/mol. The van der Waals surface area contributed by atoms with E-state index in [1.54, 1.807) is 24.3 Å². The molecule has 0 aliphatic carbocycles. The molecule has 2 N–H and O–H groups in total. The molecule has 8 heteroatoms. The van der Waals surface area contributed by atoms with Gasteiger partial charge in [0.15, 0.2) is 22.3 Å². The Morgan fingerprint density at radius 1 is 0.944 bits per heavy atom. The fourth-order valence-electron chi connectivity index (χ4n) is 3.75. The van der Waals surface area contributed by atoms with Crippen molar-refractivity contribution in [2.24, 2.45) is 0 Å². The van der Waals surface area contributed by atoms with Gasteiger partial charge in [-0.1, -0.05) is 36.7 Å². The second-order valence-corrected chi connectivity index (χ2v) is 9.06. The van der Waals surface area contributed by atoms with E-state index < -0.39 is 5.91 Å². The predicted molar refractivity (Wildman–Crippen MR) is 145 cm³/mol. The van der Waals surface area contributed by atoms with Gasteiger partial charge in [0.25, 0.3) is 5.91 Å². The number of aryl methyl sites for hydroxylation is 1. The van der Waals surface area contributed by atoms with E-state index in [1.165, 1.54) is 5.56 Å².